The van der Waals surface area contributed by atoms with Gasteiger partial charge in [-0.25, -0.2) is 14.3 Å². The molecule has 0 radical (unpaired) electrons. The second-order valence-corrected chi connectivity index (χ2v) is 5.98. The summed E-state index contributed by atoms with van der Waals surface area (Å²) in [5.41, 5.74) is 1.55. The lowest BCUT2D eigenvalue weighted by atomic mass is 10.2. The Bertz CT molecular complexity index is 988. The monoisotopic (exact) mass is 398 g/mol. The molecule has 0 atom stereocenters. The van der Waals surface area contributed by atoms with Gasteiger partial charge in [-0.3, -0.25) is 0 Å². The number of carbonyl (C=O) groups excluding carboxylic acids is 1. The maximum atomic E-state index is 11.6. The summed E-state index contributed by atoms with van der Waals surface area (Å²) in [6.07, 6.45) is 3.94. The molecule has 0 spiro atoms. The van der Waals surface area contributed by atoms with E-state index in [0.29, 0.717) is 17.2 Å². The molecule has 0 fully saturated rings. The highest BCUT2D eigenvalue weighted by atomic mass is 16.7. The Balaban J connectivity index is 0.000000159. The molecule has 2 aromatic carbocycles. The number of benzene rings is 2. The summed E-state index contributed by atoms with van der Waals surface area (Å²) in [5.74, 6) is 2.70. The van der Waals surface area contributed by atoms with E-state index in [4.69, 9.17) is 28.8 Å². The number of hydrogen-bond acceptors (Lipinski definition) is 8. The number of fused-ring (bicyclic) bond motifs is 2. The Labute approximate surface area is 166 Å². The molecule has 2 aliphatic heterocycles. The van der Waals surface area contributed by atoms with E-state index in [2.05, 4.69) is 4.98 Å². The molecule has 150 valence electrons. The van der Waals surface area contributed by atoms with E-state index in [1.165, 1.54) is 23.3 Å². The van der Waals surface area contributed by atoms with Crippen LogP contribution in [-0.2, 0) is 18.0 Å². The van der Waals surface area contributed by atoms with Crippen molar-refractivity contribution in [2.75, 3.05) is 13.6 Å². The van der Waals surface area contributed by atoms with Gasteiger partial charge in [0.05, 0.1) is 6.61 Å². The summed E-state index contributed by atoms with van der Waals surface area (Å²) >= 11 is 0. The van der Waals surface area contributed by atoms with Crippen LogP contribution in [0.2, 0.25) is 0 Å². The largest absolute Gasteiger partial charge is 0.454 e. The number of para-hydroxylation sites is 2. The van der Waals surface area contributed by atoms with Gasteiger partial charge < -0.3 is 28.8 Å². The SMILES string of the molecule is O=C(OCc1cccc2c1OCO2)n1ccnc1.OCc1cccc2c1OCO2. The second kappa shape index (κ2) is 8.53. The van der Waals surface area contributed by atoms with Gasteiger partial charge in [-0.1, -0.05) is 24.3 Å². The predicted molar refractivity (Wildman–Crippen MR) is 98.9 cm³/mol. The number of hydrogen-bond donors (Lipinski definition) is 1. The predicted octanol–water partition coefficient (Wildman–Crippen LogP) is 2.70. The van der Waals surface area contributed by atoms with Crippen molar-refractivity contribution in [2.45, 2.75) is 13.2 Å². The summed E-state index contributed by atoms with van der Waals surface area (Å²) in [6, 6.07) is 10.9. The third-order valence-corrected chi connectivity index (χ3v) is 4.19. The quantitative estimate of drug-likeness (QED) is 0.719. The Morgan fingerprint density at radius 3 is 2.28 bits per heavy atom. The first kappa shape index (κ1) is 18.6. The van der Waals surface area contributed by atoms with Gasteiger partial charge in [-0.15, -0.1) is 0 Å². The number of carbonyl (C=O) groups is 1. The van der Waals surface area contributed by atoms with Crippen LogP contribution in [0.3, 0.4) is 0 Å². The normalized spacial score (nSPS) is 12.9. The summed E-state index contributed by atoms with van der Waals surface area (Å²) in [4.78, 5) is 15.4. The Kier molecular flexibility index (Phi) is 5.48. The van der Waals surface area contributed by atoms with Gasteiger partial charge in [0.25, 0.3) is 0 Å². The smallest absolute Gasteiger partial charge is 0.419 e. The number of rotatable bonds is 3. The Morgan fingerprint density at radius 1 is 1.00 bits per heavy atom. The third kappa shape index (κ3) is 4.09. The van der Waals surface area contributed by atoms with Crippen molar-refractivity contribution in [3.05, 3.63) is 66.2 Å². The first-order chi connectivity index (χ1) is 14.3. The highest BCUT2D eigenvalue weighted by Gasteiger charge is 2.18. The van der Waals surface area contributed by atoms with Crippen LogP contribution in [0.1, 0.15) is 11.1 Å². The fourth-order valence-corrected chi connectivity index (χ4v) is 2.80. The van der Waals surface area contributed by atoms with Crippen molar-refractivity contribution in [2.24, 2.45) is 0 Å². The lowest BCUT2D eigenvalue weighted by Gasteiger charge is -2.07. The van der Waals surface area contributed by atoms with Gasteiger partial charge in [0.15, 0.2) is 23.0 Å². The van der Waals surface area contributed by atoms with Crippen LogP contribution >= 0.6 is 0 Å². The molecule has 1 aromatic heterocycles. The van der Waals surface area contributed by atoms with E-state index in [1.54, 1.807) is 0 Å². The van der Waals surface area contributed by atoms with Gasteiger partial charge in [0, 0.05) is 23.5 Å². The number of imidazole rings is 1. The van der Waals surface area contributed by atoms with Crippen LogP contribution in [0.15, 0.2) is 55.1 Å². The molecule has 0 saturated carbocycles. The molecular formula is C20H18N2O7. The lowest BCUT2D eigenvalue weighted by molar-refractivity contribution is 0.138. The van der Waals surface area contributed by atoms with E-state index < -0.39 is 6.09 Å². The van der Waals surface area contributed by atoms with Gasteiger partial charge >= 0.3 is 6.09 Å². The van der Waals surface area contributed by atoms with Crippen molar-refractivity contribution < 1.29 is 33.6 Å². The van der Waals surface area contributed by atoms with E-state index in [1.807, 2.05) is 36.4 Å². The zero-order chi connectivity index (χ0) is 20.1. The van der Waals surface area contributed by atoms with Crippen LogP contribution in [0.25, 0.3) is 0 Å². The lowest BCUT2D eigenvalue weighted by Crippen LogP contribution is -2.11. The minimum absolute atomic E-state index is 0.00741. The fourth-order valence-electron chi connectivity index (χ4n) is 2.80. The first-order valence-electron chi connectivity index (χ1n) is 8.77. The van der Waals surface area contributed by atoms with E-state index in [-0.39, 0.29) is 26.8 Å². The molecule has 2 aliphatic rings. The van der Waals surface area contributed by atoms with Crippen molar-refractivity contribution in [3.8, 4) is 23.0 Å². The summed E-state index contributed by atoms with van der Waals surface area (Å²) in [6.45, 7) is 0.574. The zero-order valence-electron chi connectivity index (χ0n) is 15.3. The molecule has 9 nitrogen and oxygen atoms in total. The molecular weight excluding hydrogens is 380 g/mol. The second-order valence-electron chi connectivity index (χ2n) is 5.98. The number of nitrogens with zero attached hydrogens (tertiary/aromatic N) is 2. The van der Waals surface area contributed by atoms with Crippen molar-refractivity contribution in [1.82, 2.24) is 9.55 Å². The number of aliphatic hydroxyl groups is 1. The Hall–Kier alpha value is -3.72. The summed E-state index contributed by atoms with van der Waals surface area (Å²) < 4.78 is 27.2. The minimum atomic E-state index is -0.482. The first-order valence-corrected chi connectivity index (χ1v) is 8.77. The Morgan fingerprint density at radius 2 is 1.66 bits per heavy atom. The van der Waals surface area contributed by atoms with Crippen LogP contribution in [0.5, 0.6) is 23.0 Å². The molecule has 5 rings (SSSR count). The maximum absolute atomic E-state index is 11.6. The zero-order valence-corrected chi connectivity index (χ0v) is 15.3. The summed E-state index contributed by atoms with van der Waals surface area (Å²) in [7, 11) is 0. The molecule has 0 saturated heterocycles. The van der Waals surface area contributed by atoms with E-state index >= 15 is 0 Å². The molecule has 1 N–H and O–H groups in total. The highest BCUT2D eigenvalue weighted by molar-refractivity contribution is 5.70. The van der Waals surface area contributed by atoms with Crippen molar-refractivity contribution >= 4 is 6.09 Å². The van der Waals surface area contributed by atoms with Crippen LogP contribution in [-0.4, -0.2) is 34.3 Å². The molecule has 9 heteroatoms. The van der Waals surface area contributed by atoms with Gasteiger partial charge in [-0.2, -0.15) is 0 Å². The molecule has 29 heavy (non-hydrogen) atoms. The fraction of sp³-hybridized carbons (Fsp3) is 0.200. The number of aliphatic hydroxyl groups excluding tert-OH is 1. The molecule has 0 unspecified atom stereocenters. The maximum Gasteiger partial charge on any atom is 0.419 e. The highest BCUT2D eigenvalue weighted by Crippen LogP contribution is 2.36. The van der Waals surface area contributed by atoms with Gasteiger partial charge in [-0.05, 0) is 12.1 Å². The topological polar surface area (TPSA) is 101 Å². The molecule has 3 aromatic rings. The van der Waals surface area contributed by atoms with Crippen molar-refractivity contribution in [3.63, 3.8) is 0 Å². The standard InChI is InChI=1S/C12H10N2O4.C8H8O3/c15-12(14-5-4-13-7-14)16-6-9-2-1-3-10-11(9)18-8-17-10;9-4-6-2-1-3-7-8(6)11-5-10-7/h1-5,7H,6,8H2;1-3,9H,4-5H2. The van der Waals surface area contributed by atoms with Crippen LogP contribution in [0.4, 0.5) is 4.79 Å². The molecule has 0 aliphatic carbocycles. The number of aromatic nitrogens is 2. The molecule has 0 bridgehead atoms. The van der Waals surface area contributed by atoms with E-state index in [0.717, 1.165) is 16.9 Å². The average molecular weight is 398 g/mol. The average Bonchev–Trinajstić information content (AvgIpc) is 3.52. The van der Waals surface area contributed by atoms with Gasteiger partial charge in [0.1, 0.15) is 12.9 Å². The number of ether oxygens (including phenoxy) is 5. The third-order valence-electron chi connectivity index (χ3n) is 4.19. The van der Waals surface area contributed by atoms with Crippen LogP contribution in [0, 0.1) is 0 Å². The van der Waals surface area contributed by atoms with E-state index in [9.17, 15) is 4.79 Å². The van der Waals surface area contributed by atoms with Crippen LogP contribution < -0.4 is 18.9 Å². The van der Waals surface area contributed by atoms with Crippen molar-refractivity contribution in [1.29, 1.82) is 0 Å². The molecule has 0 amide bonds. The summed E-state index contributed by atoms with van der Waals surface area (Å²) in [5, 5.41) is 8.87. The van der Waals surface area contributed by atoms with Gasteiger partial charge in [0.2, 0.25) is 13.6 Å². The minimum Gasteiger partial charge on any atom is -0.454 e. The molecule has 3 heterocycles.